The lowest BCUT2D eigenvalue weighted by Crippen LogP contribution is -2.49. The largest absolute Gasteiger partial charge is 0.366 e. The number of H-pyrrole nitrogens is 1. The number of carbonyl (C=O) groups is 1. The van der Waals surface area contributed by atoms with Crippen LogP contribution in [0.5, 0.6) is 0 Å². The van der Waals surface area contributed by atoms with Crippen LogP contribution in [0.15, 0.2) is 54.9 Å². The van der Waals surface area contributed by atoms with Gasteiger partial charge in [-0.15, -0.1) is 0 Å². The molecule has 2 aromatic heterocycles. The Morgan fingerprint density at radius 1 is 1.08 bits per heavy atom. The van der Waals surface area contributed by atoms with E-state index >= 15 is 0 Å². The van der Waals surface area contributed by atoms with E-state index in [1.807, 2.05) is 23.1 Å². The van der Waals surface area contributed by atoms with Gasteiger partial charge in [0, 0.05) is 44.1 Å². The molecule has 6 nitrogen and oxygen atoms in total. The molecule has 1 saturated heterocycles. The minimum absolute atomic E-state index is 0.0965. The molecular formula is C19H18FN5O. The highest BCUT2D eigenvalue weighted by atomic mass is 19.1. The van der Waals surface area contributed by atoms with Crippen LogP contribution in [0, 0.1) is 5.82 Å². The Hall–Kier alpha value is -3.22. The number of piperazine rings is 1. The summed E-state index contributed by atoms with van der Waals surface area (Å²) in [5.41, 5.74) is 2.57. The lowest BCUT2D eigenvalue weighted by atomic mass is 10.2. The van der Waals surface area contributed by atoms with E-state index in [4.69, 9.17) is 0 Å². The lowest BCUT2D eigenvalue weighted by Gasteiger charge is -2.36. The van der Waals surface area contributed by atoms with Crippen molar-refractivity contribution in [2.24, 2.45) is 0 Å². The molecular weight excluding hydrogens is 333 g/mol. The molecule has 1 amide bonds. The standard InChI is InChI=1S/C19H18FN5O/c20-15-5-1-2-6-18(15)24-8-10-25(11-9-24)19(26)17-12-16(22-23-17)14-4-3-7-21-13-14/h1-7,12-13H,8-11H2,(H,22,23). The van der Waals surface area contributed by atoms with Gasteiger partial charge < -0.3 is 9.80 Å². The maximum atomic E-state index is 13.9. The molecule has 7 heteroatoms. The Morgan fingerprint density at radius 2 is 1.88 bits per heavy atom. The van der Waals surface area contributed by atoms with E-state index in [-0.39, 0.29) is 11.7 Å². The highest BCUT2D eigenvalue weighted by molar-refractivity contribution is 5.93. The van der Waals surface area contributed by atoms with Gasteiger partial charge in [-0.05, 0) is 30.3 Å². The van der Waals surface area contributed by atoms with Crippen LogP contribution in [0.1, 0.15) is 10.5 Å². The van der Waals surface area contributed by atoms with Crippen molar-refractivity contribution in [2.45, 2.75) is 0 Å². The number of aromatic nitrogens is 3. The molecule has 0 radical (unpaired) electrons. The molecule has 0 aliphatic carbocycles. The summed E-state index contributed by atoms with van der Waals surface area (Å²) in [6, 6.07) is 12.2. The van der Waals surface area contributed by atoms with E-state index in [1.54, 1.807) is 35.5 Å². The van der Waals surface area contributed by atoms with Gasteiger partial charge in [-0.2, -0.15) is 5.10 Å². The van der Waals surface area contributed by atoms with E-state index < -0.39 is 0 Å². The number of nitrogens with zero attached hydrogens (tertiary/aromatic N) is 4. The quantitative estimate of drug-likeness (QED) is 0.788. The highest BCUT2D eigenvalue weighted by Gasteiger charge is 2.24. The van der Waals surface area contributed by atoms with Crippen LogP contribution in [0.2, 0.25) is 0 Å². The number of carbonyl (C=O) groups excluding carboxylic acids is 1. The molecule has 26 heavy (non-hydrogen) atoms. The number of nitrogens with one attached hydrogen (secondary N) is 1. The third-order valence-electron chi connectivity index (χ3n) is 4.53. The van der Waals surface area contributed by atoms with Gasteiger partial charge in [0.1, 0.15) is 11.5 Å². The Balaban J connectivity index is 1.43. The van der Waals surface area contributed by atoms with E-state index in [2.05, 4.69) is 15.2 Å². The van der Waals surface area contributed by atoms with Crippen molar-refractivity contribution in [3.8, 4) is 11.3 Å². The van der Waals surface area contributed by atoms with Crippen molar-refractivity contribution in [3.63, 3.8) is 0 Å². The molecule has 1 fully saturated rings. The lowest BCUT2D eigenvalue weighted by molar-refractivity contribution is 0.0740. The van der Waals surface area contributed by atoms with Crippen LogP contribution in [0.25, 0.3) is 11.3 Å². The van der Waals surface area contributed by atoms with Crippen molar-refractivity contribution in [1.82, 2.24) is 20.1 Å². The van der Waals surface area contributed by atoms with Crippen molar-refractivity contribution in [1.29, 1.82) is 0 Å². The molecule has 3 aromatic rings. The summed E-state index contributed by atoms with van der Waals surface area (Å²) in [6.45, 7) is 2.26. The van der Waals surface area contributed by atoms with Gasteiger partial charge in [-0.3, -0.25) is 14.9 Å². The van der Waals surface area contributed by atoms with Crippen LogP contribution in [0.4, 0.5) is 10.1 Å². The normalized spacial score (nSPS) is 14.5. The molecule has 3 heterocycles. The van der Waals surface area contributed by atoms with Crippen molar-refractivity contribution < 1.29 is 9.18 Å². The molecule has 0 unspecified atom stereocenters. The summed E-state index contributed by atoms with van der Waals surface area (Å²) in [6.07, 6.45) is 3.40. The number of aromatic amines is 1. The van der Waals surface area contributed by atoms with E-state index in [1.165, 1.54) is 6.07 Å². The molecule has 132 valence electrons. The Labute approximate surface area is 150 Å². The topological polar surface area (TPSA) is 65.1 Å². The summed E-state index contributed by atoms with van der Waals surface area (Å²) in [5, 5.41) is 7.01. The molecule has 1 aliphatic heterocycles. The van der Waals surface area contributed by atoms with Gasteiger partial charge in [-0.25, -0.2) is 4.39 Å². The Morgan fingerprint density at radius 3 is 2.62 bits per heavy atom. The second kappa shape index (κ2) is 6.95. The minimum atomic E-state index is -0.234. The van der Waals surface area contributed by atoms with Crippen molar-refractivity contribution in [2.75, 3.05) is 31.1 Å². The summed E-state index contributed by atoms with van der Waals surface area (Å²) >= 11 is 0. The fourth-order valence-electron chi connectivity index (χ4n) is 3.12. The van der Waals surface area contributed by atoms with Crippen LogP contribution in [-0.4, -0.2) is 52.2 Å². The maximum Gasteiger partial charge on any atom is 0.272 e. The van der Waals surface area contributed by atoms with Gasteiger partial charge in [0.25, 0.3) is 5.91 Å². The molecule has 1 aromatic carbocycles. The fraction of sp³-hybridized carbons (Fsp3) is 0.211. The van der Waals surface area contributed by atoms with E-state index in [9.17, 15) is 9.18 Å². The first-order chi connectivity index (χ1) is 12.7. The number of hydrogen-bond donors (Lipinski definition) is 1. The minimum Gasteiger partial charge on any atom is -0.366 e. The molecule has 0 atom stereocenters. The number of pyridine rings is 1. The molecule has 1 aliphatic rings. The van der Waals surface area contributed by atoms with Crippen LogP contribution in [-0.2, 0) is 0 Å². The predicted molar refractivity (Wildman–Crippen MR) is 96.3 cm³/mol. The van der Waals surface area contributed by atoms with Gasteiger partial charge >= 0.3 is 0 Å². The van der Waals surface area contributed by atoms with E-state index in [0.29, 0.717) is 43.3 Å². The second-order valence-electron chi connectivity index (χ2n) is 6.14. The predicted octanol–water partition coefficient (Wildman–Crippen LogP) is 2.57. The van der Waals surface area contributed by atoms with Crippen LogP contribution in [0.3, 0.4) is 0 Å². The first kappa shape index (κ1) is 16.3. The maximum absolute atomic E-state index is 13.9. The number of halogens is 1. The van der Waals surface area contributed by atoms with Gasteiger partial charge in [0.15, 0.2) is 0 Å². The smallest absolute Gasteiger partial charge is 0.272 e. The number of para-hydroxylation sites is 1. The number of amides is 1. The molecule has 0 saturated carbocycles. The molecule has 0 spiro atoms. The average Bonchev–Trinajstić information content (AvgIpc) is 3.19. The summed E-state index contributed by atoms with van der Waals surface area (Å²) < 4.78 is 13.9. The third kappa shape index (κ3) is 3.15. The number of hydrogen-bond acceptors (Lipinski definition) is 4. The first-order valence-corrected chi connectivity index (χ1v) is 8.47. The molecule has 0 bridgehead atoms. The summed E-state index contributed by atoms with van der Waals surface area (Å²) in [5.74, 6) is -0.331. The van der Waals surface area contributed by atoms with Crippen molar-refractivity contribution >= 4 is 11.6 Å². The zero-order chi connectivity index (χ0) is 17.9. The number of rotatable bonds is 3. The second-order valence-corrected chi connectivity index (χ2v) is 6.14. The zero-order valence-electron chi connectivity index (χ0n) is 14.1. The van der Waals surface area contributed by atoms with Gasteiger partial charge in [0.05, 0.1) is 11.4 Å². The monoisotopic (exact) mass is 351 g/mol. The summed E-state index contributed by atoms with van der Waals surface area (Å²) in [7, 11) is 0. The van der Waals surface area contributed by atoms with E-state index in [0.717, 1.165) is 5.56 Å². The summed E-state index contributed by atoms with van der Waals surface area (Å²) in [4.78, 5) is 20.5. The van der Waals surface area contributed by atoms with Crippen LogP contribution >= 0.6 is 0 Å². The average molecular weight is 351 g/mol. The third-order valence-corrected chi connectivity index (χ3v) is 4.53. The molecule has 1 N–H and O–H groups in total. The fourth-order valence-corrected chi connectivity index (χ4v) is 3.12. The molecule has 4 rings (SSSR count). The highest BCUT2D eigenvalue weighted by Crippen LogP contribution is 2.21. The zero-order valence-corrected chi connectivity index (χ0v) is 14.1. The Bertz CT molecular complexity index is 903. The van der Waals surface area contributed by atoms with Gasteiger partial charge in [0.2, 0.25) is 0 Å². The Kier molecular flexibility index (Phi) is 4.35. The van der Waals surface area contributed by atoms with Gasteiger partial charge in [-0.1, -0.05) is 12.1 Å². The number of anilines is 1. The first-order valence-electron chi connectivity index (χ1n) is 8.47. The number of benzene rings is 1. The van der Waals surface area contributed by atoms with Crippen molar-refractivity contribution in [3.05, 3.63) is 66.4 Å². The van der Waals surface area contributed by atoms with Crippen LogP contribution < -0.4 is 4.90 Å². The SMILES string of the molecule is O=C(c1cc(-c2cccnc2)n[nH]1)N1CCN(c2ccccc2F)CC1.